The van der Waals surface area contributed by atoms with Crippen molar-refractivity contribution in [3.63, 3.8) is 0 Å². The fraction of sp³-hybridized carbons (Fsp3) is 0.250. The topological polar surface area (TPSA) is 63.9 Å². The molecule has 0 N–H and O–H groups in total. The van der Waals surface area contributed by atoms with Crippen molar-refractivity contribution in [2.45, 2.75) is 13.0 Å². The van der Waals surface area contributed by atoms with E-state index in [2.05, 4.69) is 15.3 Å². The predicted octanol–water partition coefficient (Wildman–Crippen LogP) is 2.39. The number of amides is 1. The van der Waals surface area contributed by atoms with E-state index in [0.29, 0.717) is 5.69 Å². The number of likely N-dealkylation sites (N-methyl/N-ethyl adjacent to an activating group) is 1. The highest BCUT2D eigenvalue weighted by atomic mass is 32.1. The van der Waals surface area contributed by atoms with Crippen LogP contribution in [0.3, 0.4) is 0 Å². The molecule has 1 aromatic carbocycles. The van der Waals surface area contributed by atoms with E-state index in [1.54, 1.807) is 41.2 Å². The van der Waals surface area contributed by atoms with E-state index in [1.165, 1.54) is 0 Å². The van der Waals surface area contributed by atoms with Gasteiger partial charge in [-0.05, 0) is 12.5 Å². The quantitative estimate of drug-likeness (QED) is 0.738. The Balaban J connectivity index is 2.01. The van der Waals surface area contributed by atoms with Crippen LogP contribution < -0.4 is 0 Å². The van der Waals surface area contributed by atoms with E-state index in [4.69, 9.17) is 0 Å². The lowest BCUT2D eigenvalue weighted by Crippen LogP contribution is -2.32. The number of hydrogen-bond acceptors (Lipinski definition) is 5. The number of rotatable bonds is 4. The average molecular weight is 327 g/mol. The molecule has 0 saturated heterocycles. The van der Waals surface area contributed by atoms with Gasteiger partial charge in [0.25, 0.3) is 5.91 Å². The molecule has 118 valence electrons. The van der Waals surface area contributed by atoms with Crippen LogP contribution >= 0.6 is 11.3 Å². The van der Waals surface area contributed by atoms with Crippen LogP contribution in [0, 0.1) is 6.92 Å². The molecule has 3 aromatic rings. The van der Waals surface area contributed by atoms with Crippen molar-refractivity contribution >= 4 is 17.2 Å². The summed E-state index contributed by atoms with van der Waals surface area (Å²) in [6, 6.07) is 9.04. The van der Waals surface area contributed by atoms with E-state index < -0.39 is 6.04 Å². The fourth-order valence-electron chi connectivity index (χ4n) is 2.29. The van der Waals surface area contributed by atoms with Crippen LogP contribution in [0.15, 0.2) is 41.9 Å². The number of benzene rings is 1. The van der Waals surface area contributed by atoms with Gasteiger partial charge in [0.1, 0.15) is 11.4 Å². The standard InChI is InChI=1S/C16H17N5OS/c1-11-17-14(10-23-11)13-9-21(19-18-13)15(16(22)20(2)3)12-7-5-4-6-8-12/h4-10,15H,1-3H3. The third-order valence-electron chi connectivity index (χ3n) is 3.45. The Morgan fingerprint density at radius 2 is 1.96 bits per heavy atom. The van der Waals surface area contributed by atoms with Gasteiger partial charge in [-0.2, -0.15) is 0 Å². The number of carbonyl (C=O) groups excluding carboxylic acids is 1. The molecule has 0 spiro atoms. The van der Waals surface area contributed by atoms with Crippen LogP contribution in [0.4, 0.5) is 0 Å². The first-order chi connectivity index (χ1) is 11.1. The maximum absolute atomic E-state index is 12.6. The summed E-state index contributed by atoms with van der Waals surface area (Å²) in [5.41, 5.74) is 2.32. The molecule has 0 aliphatic carbocycles. The minimum atomic E-state index is -0.535. The van der Waals surface area contributed by atoms with Gasteiger partial charge in [0.15, 0.2) is 6.04 Å². The molecule has 1 unspecified atom stereocenters. The summed E-state index contributed by atoms with van der Waals surface area (Å²) in [4.78, 5) is 18.6. The SMILES string of the molecule is Cc1nc(-c2cn(C(C(=O)N(C)C)c3ccccc3)nn2)cs1. The van der Waals surface area contributed by atoms with Gasteiger partial charge in [-0.3, -0.25) is 4.79 Å². The van der Waals surface area contributed by atoms with Gasteiger partial charge in [-0.15, -0.1) is 16.4 Å². The lowest BCUT2D eigenvalue weighted by molar-refractivity contribution is -0.131. The molecule has 6 nitrogen and oxygen atoms in total. The molecule has 2 aromatic heterocycles. The number of aryl methyl sites for hydroxylation is 1. The van der Waals surface area contributed by atoms with Crippen molar-refractivity contribution in [3.05, 3.63) is 52.5 Å². The van der Waals surface area contributed by atoms with Crippen molar-refractivity contribution in [2.24, 2.45) is 0 Å². The molecular formula is C16H17N5OS. The zero-order valence-corrected chi connectivity index (χ0v) is 14.0. The van der Waals surface area contributed by atoms with Crippen molar-refractivity contribution in [2.75, 3.05) is 14.1 Å². The van der Waals surface area contributed by atoms with Crippen molar-refractivity contribution in [1.82, 2.24) is 24.9 Å². The first kappa shape index (κ1) is 15.4. The summed E-state index contributed by atoms with van der Waals surface area (Å²) >= 11 is 1.56. The second-order valence-electron chi connectivity index (χ2n) is 5.38. The number of aromatic nitrogens is 4. The molecule has 1 amide bonds. The summed E-state index contributed by atoms with van der Waals surface area (Å²) < 4.78 is 1.60. The highest BCUT2D eigenvalue weighted by Gasteiger charge is 2.26. The van der Waals surface area contributed by atoms with Crippen LogP contribution in [0.2, 0.25) is 0 Å². The highest BCUT2D eigenvalue weighted by Crippen LogP contribution is 2.23. The highest BCUT2D eigenvalue weighted by molar-refractivity contribution is 7.09. The molecule has 0 radical (unpaired) electrons. The van der Waals surface area contributed by atoms with E-state index in [1.807, 2.05) is 42.6 Å². The molecule has 2 heterocycles. The number of carbonyl (C=O) groups is 1. The van der Waals surface area contributed by atoms with Crippen LogP contribution in [0.1, 0.15) is 16.6 Å². The fourth-order valence-corrected chi connectivity index (χ4v) is 2.90. The van der Waals surface area contributed by atoms with Crippen molar-refractivity contribution < 1.29 is 4.79 Å². The maximum atomic E-state index is 12.6. The van der Waals surface area contributed by atoms with Gasteiger partial charge in [0.2, 0.25) is 0 Å². The summed E-state index contributed by atoms with van der Waals surface area (Å²) in [5.74, 6) is -0.0536. The number of thiazole rings is 1. The maximum Gasteiger partial charge on any atom is 0.251 e. The minimum absolute atomic E-state index is 0.0536. The normalized spacial score (nSPS) is 12.1. The lowest BCUT2D eigenvalue weighted by Gasteiger charge is -2.20. The molecule has 0 aliphatic rings. The molecule has 0 bridgehead atoms. The molecule has 0 fully saturated rings. The first-order valence-corrected chi connectivity index (χ1v) is 8.04. The van der Waals surface area contributed by atoms with E-state index in [0.717, 1.165) is 16.3 Å². The molecular weight excluding hydrogens is 310 g/mol. The number of hydrogen-bond donors (Lipinski definition) is 0. The Bertz CT molecular complexity index is 809. The summed E-state index contributed by atoms with van der Waals surface area (Å²) in [6.07, 6.45) is 1.77. The lowest BCUT2D eigenvalue weighted by atomic mass is 10.1. The van der Waals surface area contributed by atoms with Gasteiger partial charge in [0, 0.05) is 19.5 Å². The van der Waals surface area contributed by atoms with Gasteiger partial charge < -0.3 is 4.90 Å². The Labute approximate surface area is 138 Å². The van der Waals surface area contributed by atoms with Gasteiger partial charge in [-0.1, -0.05) is 35.5 Å². The molecule has 0 aliphatic heterocycles. The second kappa shape index (κ2) is 6.29. The third-order valence-corrected chi connectivity index (χ3v) is 4.22. The Kier molecular flexibility index (Phi) is 4.20. The van der Waals surface area contributed by atoms with Crippen LogP contribution in [-0.2, 0) is 4.79 Å². The summed E-state index contributed by atoms with van der Waals surface area (Å²) in [7, 11) is 3.47. The Morgan fingerprint density at radius 3 is 2.57 bits per heavy atom. The molecule has 23 heavy (non-hydrogen) atoms. The molecule has 0 saturated carbocycles. The monoisotopic (exact) mass is 327 g/mol. The zero-order valence-electron chi connectivity index (χ0n) is 13.2. The van der Waals surface area contributed by atoms with Gasteiger partial charge in [-0.25, -0.2) is 9.67 Å². The summed E-state index contributed by atoms with van der Waals surface area (Å²) in [5, 5.41) is 11.3. The van der Waals surface area contributed by atoms with Gasteiger partial charge in [0.05, 0.1) is 11.2 Å². The molecule has 3 rings (SSSR count). The Hall–Kier alpha value is -2.54. The first-order valence-electron chi connectivity index (χ1n) is 7.16. The Morgan fingerprint density at radius 1 is 1.22 bits per heavy atom. The van der Waals surface area contributed by atoms with Gasteiger partial charge >= 0.3 is 0 Å². The second-order valence-corrected chi connectivity index (χ2v) is 6.44. The predicted molar refractivity (Wildman–Crippen MR) is 89.1 cm³/mol. The smallest absolute Gasteiger partial charge is 0.251 e. The van der Waals surface area contributed by atoms with Crippen molar-refractivity contribution in [3.8, 4) is 11.4 Å². The number of nitrogens with zero attached hydrogens (tertiary/aromatic N) is 5. The molecule has 1 atom stereocenters. The third kappa shape index (κ3) is 3.14. The van der Waals surface area contributed by atoms with Crippen molar-refractivity contribution in [1.29, 1.82) is 0 Å². The van der Waals surface area contributed by atoms with Crippen LogP contribution in [0.25, 0.3) is 11.4 Å². The average Bonchev–Trinajstić information content (AvgIpc) is 3.17. The van der Waals surface area contributed by atoms with E-state index >= 15 is 0 Å². The minimum Gasteiger partial charge on any atom is -0.347 e. The zero-order chi connectivity index (χ0) is 16.4. The molecule has 7 heteroatoms. The van der Waals surface area contributed by atoms with E-state index in [-0.39, 0.29) is 5.91 Å². The van der Waals surface area contributed by atoms with E-state index in [9.17, 15) is 4.79 Å². The van der Waals surface area contributed by atoms with Crippen LogP contribution in [0.5, 0.6) is 0 Å². The summed E-state index contributed by atoms with van der Waals surface area (Å²) in [6.45, 7) is 1.95. The largest absolute Gasteiger partial charge is 0.347 e. The van der Waals surface area contributed by atoms with Crippen LogP contribution in [-0.4, -0.2) is 44.9 Å².